The molecule has 0 saturated heterocycles. The van der Waals surface area contributed by atoms with Gasteiger partial charge in [-0.2, -0.15) is 0 Å². The maximum Gasteiger partial charge on any atom is 0.238 e. The predicted octanol–water partition coefficient (Wildman–Crippen LogP) is 1.96. The second kappa shape index (κ2) is 2.60. The maximum atomic E-state index is 5.18. The molecule has 0 amide bonds. The fourth-order valence-corrected chi connectivity index (χ4v) is 0.795. The number of rotatable bonds is 2. The second-order valence-corrected chi connectivity index (χ2v) is 1.94. The number of ether oxygens (including phenoxy) is 2. The van der Waals surface area contributed by atoms with Crippen LogP contribution >= 0.6 is 0 Å². The van der Waals surface area contributed by atoms with Crippen molar-refractivity contribution in [3.8, 4) is 0 Å². The third kappa shape index (κ3) is 1.05. The van der Waals surface area contributed by atoms with Crippen LogP contribution < -0.4 is 0 Å². The zero-order valence-corrected chi connectivity index (χ0v) is 5.96. The first-order valence-corrected chi connectivity index (χ1v) is 3.10. The van der Waals surface area contributed by atoms with Crippen LogP contribution in [0.1, 0.15) is 6.92 Å². The lowest BCUT2D eigenvalue weighted by Gasteiger charge is -2.02. The SMILES string of the molecule is C=CC1=C(C=C)OC(C)O1. The van der Waals surface area contributed by atoms with Gasteiger partial charge >= 0.3 is 0 Å². The van der Waals surface area contributed by atoms with Gasteiger partial charge in [0.2, 0.25) is 6.29 Å². The summed E-state index contributed by atoms with van der Waals surface area (Å²) in [7, 11) is 0. The topological polar surface area (TPSA) is 18.5 Å². The summed E-state index contributed by atoms with van der Waals surface area (Å²) in [4.78, 5) is 0. The van der Waals surface area contributed by atoms with Crippen molar-refractivity contribution < 1.29 is 9.47 Å². The molecule has 0 fully saturated rings. The van der Waals surface area contributed by atoms with E-state index in [1.165, 1.54) is 0 Å². The van der Waals surface area contributed by atoms with Crippen molar-refractivity contribution >= 4 is 0 Å². The minimum atomic E-state index is -0.207. The Kier molecular flexibility index (Phi) is 1.81. The van der Waals surface area contributed by atoms with Crippen LogP contribution in [0.15, 0.2) is 36.8 Å². The van der Waals surface area contributed by atoms with Crippen LogP contribution in [-0.2, 0) is 9.47 Å². The van der Waals surface area contributed by atoms with Crippen LogP contribution in [0.5, 0.6) is 0 Å². The van der Waals surface area contributed by atoms with Crippen LogP contribution in [0.3, 0.4) is 0 Å². The summed E-state index contributed by atoms with van der Waals surface area (Å²) < 4.78 is 10.4. The molecule has 10 heavy (non-hydrogen) atoms. The summed E-state index contributed by atoms with van der Waals surface area (Å²) in [5.41, 5.74) is 0. The average Bonchev–Trinajstić information content (AvgIpc) is 2.30. The van der Waals surface area contributed by atoms with E-state index < -0.39 is 0 Å². The van der Waals surface area contributed by atoms with Crippen molar-refractivity contribution in [3.05, 3.63) is 36.8 Å². The van der Waals surface area contributed by atoms with Gasteiger partial charge < -0.3 is 9.47 Å². The molecule has 0 saturated carbocycles. The molecule has 1 aliphatic rings. The molecule has 0 bridgehead atoms. The predicted molar refractivity (Wildman–Crippen MR) is 39.1 cm³/mol. The Labute approximate surface area is 60.4 Å². The lowest BCUT2D eigenvalue weighted by Crippen LogP contribution is -2.00. The first kappa shape index (κ1) is 6.93. The Morgan fingerprint density at radius 3 is 1.90 bits per heavy atom. The van der Waals surface area contributed by atoms with E-state index in [0.29, 0.717) is 11.5 Å². The first-order chi connectivity index (χ1) is 4.77. The third-order valence-electron chi connectivity index (χ3n) is 1.20. The summed E-state index contributed by atoms with van der Waals surface area (Å²) in [6.45, 7) is 8.95. The summed E-state index contributed by atoms with van der Waals surface area (Å²) in [6, 6.07) is 0. The molecule has 0 N–H and O–H groups in total. The zero-order chi connectivity index (χ0) is 7.56. The summed E-state index contributed by atoms with van der Waals surface area (Å²) in [5, 5.41) is 0. The Balaban J connectivity index is 2.80. The monoisotopic (exact) mass is 138 g/mol. The standard InChI is InChI=1S/C8H10O2/c1-4-7-8(5-2)10-6(3)9-7/h4-6H,1-2H2,3H3. The summed E-state index contributed by atoms with van der Waals surface area (Å²) in [5.74, 6) is 1.34. The number of allylic oxidation sites excluding steroid dienone is 2. The van der Waals surface area contributed by atoms with E-state index in [0.717, 1.165) is 0 Å². The molecule has 2 nitrogen and oxygen atoms in total. The van der Waals surface area contributed by atoms with Gasteiger partial charge in [-0.1, -0.05) is 13.2 Å². The van der Waals surface area contributed by atoms with Gasteiger partial charge in [-0.05, 0) is 12.2 Å². The molecule has 2 heteroatoms. The van der Waals surface area contributed by atoms with Crippen LogP contribution in [0.2, 0.25) is 0 Å². The second-order valence-electron chi connectivity index (χ2n) is 1.94. The minimum absolute atomic E-state index is 0.207. The highest BCUT2D eigenvalue weighted by molar-refractivity contribution is 5.24. The lowest BCUT2D eigenvalue weighted by atomic mass is 10.4. The van der Waals surface area contributed by atoms with E-state index in [-0.39, 0.29) is 6.29 Å². The fraction of sp³-hybridized carbons (Fsp3) is 0.250. The normalized spacial score (nSPS) is 18.1. The Morgan fingerprint density at radius 2 is 1.60 bits per heavy atom. The molecule has 0 radical (unpaired) electrons. The van der Waals surface area contributed by atoms with Gasteiger partial charge in [0.05, 0.1) is 0 Å². The summed E-state index contributed by atoms with van der Waals surface area (Å²) >= 11 is 0. The molecule has 1 heterocycles. The Morgan fingerprint density at radius 1 is 1.20 bits per heavy atom. The molecule has 0 atom stereocenters. The highest BCUT2D eigenvalue weighted by atomic mass is 16.7. The van der Waals surface area contributed by atoms with E-state index in [1.807, 2.05) is 6.92 Å². The lowest BCUT2D eigenvalue weighted by molar-refractivity contribution is -0.0175. The molecule has 0 aromatic rings. The highest BCUT2D eigenvalue weighted by Crippen LogP contribution is 2.22. The third-order valence-corrected chi connectivity index (χ3v) is 1.20. The zero-order valence-electron chi connectivity index (χ0n) is 5.96. The quantitative estimate of drug-likeness (QED) is 0.580. The van der Waals surface area contributed by atoms with Gasteiger partial charge in [-0.25, -0.2) is 0 Å². The van der Waals surface area contributed by atoms with E-state index in [1.54, 1.807) is 12.2 Å². The van der Waals surface area contributed by atoms with E-state index in [9.17, 15) is 0 Å². The van der Waals surface area contributed by atoms with Crippen molar-refractivity contribution in [2.45, 2.75) is 13.2 Å². The molecule has 54 valence electrons. The van der Waals surface area contributed by atoms with Crippen LogP contribution in [0, 0.1) is 0 Å². The number of hydrogen-bond acceptors (Lipinski definition) is 2. The molecule has 0 spiro atoms. The van der Waals surface area contributed by atoms with E-state index >= 15 is 0 Å². The van der Waals surface area contributed by atoms with Gasteiger partial charge in [0.15, 0.2) is 11.5 Å². The molecular weight excluding hydrogens is 128 g/mol. The first-order valence-electron chi connectivity index (χ1n) is 3.10. The summed E-state index contributed by atoms with van der Waals surface area (Å²) in [6.07, 6.45) is 3.02. The van der Waals surface area contributed by atoms with Gasteiger partial charge in [0.25, 0.3) is 0 Å². The van der Waals surface area contributed by atoms with Crippen molar-refractivity contribution in [2.75, 3.05) is 0 Å². The minimum Gasteiger partial charge on any atom is -0.451 e. The number of hydrogen-bond donors (Lipinski definition) is 0. The van der Waals surface area contributed by atoms with Gasteiger partial charge in [-0.15, -0.1) is 0 Å². The Bertz CT molecular complexity index is 171. The molecule has 0 unspecified atom stereocenters. The van der Waals surface area contributed by atoms with Gasteiger partial charge in [0, 0.05) is 6.92 Å². The molecule has 1 rings (SSSR count). The van der Waals surface area contributed by atoms with E-state index in [4.69, 9.17) is 9.47 Å². The average molecular weight is 138 g/mol. The van der Waals surface area contributed by atoms with Crippen LogP contribution in [0.25, 0.3) is 0 Å². The van der Waals surface area contributed by atoms with E-state index in [2.05, 4.69) is 13.2 Å². The highest BCUT2D eigenvalue weighted by Gasteiger charge is 2.18. The smallest absolute Gasteiger partial charge is 0.238 e. The maximum absolute atomic E-state index is 5.18. The van der Waals surface area contributed by atoms with Crippen LogP contribution in [-0.4, -0.2) is 6.29 Å². The van der Waals surface area contributed by atoms with Gasteiger partial charge in [0.1, 0.15) is 0 Å². The molecule has 0 aromatic carbocycles. The molecule has 1 aliphatic heterocycles. The fourth-order valence-electron chi connectivity index (χ4n) is 0.795. The van der Waals surface area contributed by atoms with Crippen LogP contribution in [0.4, 0.5) is 0 Å². The molecule has 0 aromatic heterocycles. The largest absolute Gasteiger partial charge is 0.451 e. The molecular formula is C8H10O2. The molecule has 0 aliphatic carbocycles. The van der Waals surface area contributed by atoms with Gasteiger partial charge in [-0.3, -0.25) is 0 Å². The van der Waals surface area contributed by atoms with Crippen molar-refractivity contribution in [1.29, 1.82) is 0 Å². The van der Waals surface area contributed by atoms with Crippen molar-refractivity contribution in [3.63, 3.8) is 0 Å². The van der Waals surface area contributed by atoms with Crippen molar-refractivity contribution in [2.24, 2.45) is 0 Å². The van der Waals surface area contributed by atoms with Crippen molar-refractivity contribution in [1.82, 2.24) is 0 Å². The Hall–Kier alpha value is -1.18.